The van der Waals surface area contributed by atoms with Crippen molar-refractivity contribution in [3.63, 3.8) is 0 Å². The molecule has 3 aliphatic carbocycles. The first-order valence-corrected chi connectivity index (χ1v) is 6.39. The fraction of sp³-hybridized carbons (Fsp3) is 0.714. The van der Waals surface area contributed by atoms with E-state index in [0.29, 0.717) is 5.41 Å². The monoisotopic (exact) mass is 220 g/mol. The lowest BCUT2D eigenvalue weighted by atomic mass is 9.61. The van der Waals surface area contributed by atoms with Crippen molar-refractivity contribution < 1.29 is 10.2 Å². The Morgan fingerprint density at radius 2 is 1.44 bits per heavy atom. The number of aliphatic hydroxyl groups is 2. The molecule has 0 saturated heterocycles. The molecule has 0 aromatic carbocycles. The molecule has 1 saturated carbocycles. The number of hydrogen-bond donors (Lipinski definition) is 2. The van der Waals surface area contributed by atoms with Crippen molar-refractivity contribution in [3.05, 3.63) is 24.3 Å². The molecule has 2 atom stereocenters. The molecule has 0 amide bonds. The largest absolute Gasteiger partial charge is 0.390 e. The van der Waals surface area contributed by atoms with Gasteiger partial charge in [0.05, 0.1) is 12.2 Å². The van der Waals surface area contributed by atoms with Gasteiger partial charge in [-0.2, -0.15) is 0 Å². The number of allylic oxidation sites excluding steroid dienone is 4. The highest BCUT2D eigenvalue weighted by atomic mass is 16.3. The zero-order valence-electron chi connectivity index (χ0n) is 9.60. The molecule has 1 fully saturated rings. The van der Waals surface area contributed by atoms with E-state index in [4.69, 9.17) is 0 Å². The molecule has 0 radical (unpaired) electrons. The van der Waals surface area contributed by atoms with E-state index in [1.165, 1.54) is 0 Å². The molecule has 3 rings (SSSR count). The third kappa shape index (κ3) is 1.26. The lowest BCUT2D eigenvalue weighted by Gasteiger charge is -2.43. The fourth-order valence-electron chi connectivity index (χ4n) is 3.93. The van der Waals surface area contributed by atoms with Crippen LogP contribution in [0, 0.1) is 10.8 Å². The van der Waals surface area contributed by atoms with E-state index in [9.17, 15) is 10.2 Å². The van der Waals surface area contributed by atoms with Crippen LogP contribution in [0.5, 0.6) is 0 Å². The van der Waals surface area contributed by atoms with Crippen molar-refractivity contribution in [1.29, 1.82) is 0 Å². The van der Waals surface area contributed by atoms with Gasteiger partial charge in [0.1, 0.15) is 0 Å². The topological polar surface area (TPSA) is 40.5 Å². The Bertz CT molecular complexity index is 327. The molecule has 0 aromatic heterocycles. The van der Waals surface area contributed by atoms with Crippen molar-refractivity contribution in [2.75, 3.05) is 0 Å². The third-order valence-corrected chi connectivity index (χ3v) is 5.05. The van der Waals surface area contributed by atoms with E-state index in [0.717, 1.165) is 38.5 Å². The van der Waals surface area contributed by atoms with Gasteiger partial charge in [0, 0.05) is 5.41 Å². The van der Waals surface area contributed by atoms with Crippen molar-refractivity contribution in [3.8, 4) is 0 Å². The minimum Gasteiger partial charge on any atom is -0.390 e. The maximum Gasteiger partial charge on any atom is 0.0799 e. The first-order chi connectivity index (χ1) is 7.68. The Hall–Kier alpha value is -0.600. The number of hydrogen-bond acceptors (Lipinski definition) is 2. The summed E-state index contributed by atoms with van der Waals surface area (Å²) in [5.41, 5.74) is 0.516. The molecule has 88 valence electrons. The van der Waals surface area contributed by atoms with Gasteiger partial charge in [-0.05, 0) is 43.9 Å². The van der Waals surface area contributed by atoms with Crippen LogP contribution in [0.1, 0.15) is 38.5 Å². The molecule has 0 bridgehead atoms. The van der Waals surface area contributed by atoms with Gasteiger partial charge in [-0.3, -0.25) is 0 Å². The van der Waals surface area contributed by atoms with Crippen LogP contribution < -0.4 is 0 Å². The first kappa shape index (κ1) is 10.5. The summed E-state index contributed by atoms with van der Waals surface area (Å²) in [4.78, 5) is 0. The lowest BCUT2D eigenvalue weighted by molar-refractivity contribution is -0.0272. The van der Waals surface area contributed by atoms with E-state index in [2.05, 4.69) is 24.3 Å². The first-order valence-electron chi connectivity index (χ1n) is 6.39. The van der Waals surface area contributed by atoms with E-state index in [1.807, 2.05) is 0 Å². The second kappa shape index (κ2) is 3.44. The Morgan fingerprint density at radius 3 is 2.06 bits per heavy atom. The molecule has 0 spiro atoms. The number of rotatable bonds is 0. The minimum absolute atomic E-state index is 0.189. The van der Waals surface area contributed by atoms with Gasteiger partial charge < -0.3 is 10.2 Å². The predicted molar refractivity (Wildman–Crippen MR) is 62.9 cm³/mol. The quantitative estimate of drug-likeness (QED) is 0.614. The number of aliphatic hydroxyl groups excluding tert-OH is 2. The highest BCUT2D eigenvalue weighted by Crippen LogP contribution is 2.61. The summed E-state index contributed by atoms with van der Waals surface area (Å²) in [6.45, 7) is 0. The van der Waals surface area contributed by atoms with Crippen LogP contribution in [0.2, 0.25) is 0 Å². The van der Waals surface area contributed by atoms with E-state index in [-0.39, 0.29) is 5.41 Å². The zero-order valence-corrected chi connectivity index (χ0v) is 9.60. The normalized spacial score (nSPS) is 50.9. The van der Waals surface area contributed by atoms with E-state index in [1.54, 1.807) is 0 Å². The van der Waals surface area contributed by atoms with Crippen LogP contribution in [-0.4, -0.2) is 22.4 Å². The summed E-state index contributed by atoms with van der Waals surface area (Å²) in [5.74, 6) is 0. The van der Waals surface area contributed by atoms with Gasteiger partial charge in [0.15, 0.2) is 0 Å². The van der Waals surface area contributed by atoms with Gasteiger partial charge in [0.25, 0.3) is 0 Å². The summed E-state index contributed by atoms with van der Waals surface area (Å²) in [7, 11) is 0. The maximum atomic E-state index is 9.83. The van der Waals surface area contributed by atoms with Gasteiger partial charge in [0.2, 0.25) is 0 Å². The van der Waals surface area contributed by atoms with Crippen LogP contribution in [0.4, 0.5) is 0 Å². The summed E-state index contributed by atoms with van der Waals surface area (Å²) < 4.78 is 0. The molecule has 0 unspecified atom stereocenters. The van der Waals surface area contributed by atoms with Crippen LogP contribution >= 0.6 is 0 Å². The molecule has 0 aromatic rings. The molecule has 0 aliphatic heterocycles. The predicted octanol–water partition coefficient (Wildman–Crippen LogP) is 2.17. The molecule has 3 aliphatic rings. The standard InChI is InChI=1S/C14H20O2/c15-11-3-9-13-5-1-6-14(13,8-2-7-13)10-4-12(11)16/h1-2,5,7,11-12,15-16H,3-4,6,8-10H2/t11-,12-,13?,14?/m1/s1. The van der Waals surface area contributed by atoms with Crippen molar-refractivity contribution >= 4 is 0 Å². The summed E-state index contributed by atoms with van der Waals surface area (Å²) >= 11 is 0. The average Bonchev–Trinajstić information content (AvgIpc) is 2.75. The lowest BCUT2D eigenvalue weighted by Crippen LogP contribution is -2.39. The van der Waals surface area contributed by atoms with Crippen LogP contribution in [-0.2, 0) is 0 Å². The second-order valence-electron chi connectivity index (χ2n) is 5.75. The summed E-state index contributed by atoms with van der Waals surface area (Å²) in [6, 6.07) is 0. The highest BCUT2D eigenvalue weighted by Gasteiger charge is 2.52. The zero-order chi connectivity index (χ0) is 11.2. The summed E-state index contributed by atoms with van der Waals surface area (Å²) in [5, 5.41) is 19.6. The smallest absolute Gasteiger partial charge is 0.0799 e. The van der Waals surface area contributed by atoms with Crippen molar-refractivity contribution in [2.24, 2.45) is 10.8 Å². The molecule has 16 heavy (non-hydrogen) atoms. The van der Waals surface area contributed by atoms with Crippen LogP contribution in [0.15, 0.2) is 24.3 Å². The third-order valence-electron chi connectivity index (χ3n) is 5.05. The molecule has 0 heterocycles. The Morgan fingerprint density at radius 1 is 0.875 bits per heavy atom. The van der Waals surface area contributed by atoms with Crippen LogP contribution in [0.25, 0.3) is 0 Å². The Balaban J connectivity index is 1.92. The molecular weight excluding hydrogens is 200 g/mol. The fourth-order valence-corrected chi connectivity index (χ4v) is 3.93. The van der Waals surface area contributed by atoms with Gasteiger partial charge in [-0.1, -0.05) is 24.3 Å². The van der Waals surface area contributed by atoms with E-state index >= 15 is 0 Å². The highest BCUT2D eigenvalue weighted by molar-refractivity contribution is 5.31. The maximum absolute atomic E-state index is 9.83. The van der Waals surface area contributed by atoms with Gasteiger partial charge in [-0.25, -0.2) is 0 Å². The Kier molecular flexibility index (Phi) is 2.27. The molecule has 2 N–H and O–H groups in total. The minimum atomic E-state index is -0.532. The second-order valence-corrected chi connectivity index (χ2v) is 5.75. The van der Waals surface area contributed by atoms with Crippen molar-refractivity contribution in [1.82, 2.24) is 0 Å². The Labute approximate surface area is 96.7 Å². The molecule has 2 heteroatoms. The molecular formula is C14H20O2. The SMILES string of the molecule is O[C@@H]1CCC23C=CCC2(CC=C3)CC[C@H]1O. The van der Waals surface area contributed by atoms with Crippen LogP contribution in [0.3, 0.4) is 0 Å². The van der Waals surface area contributed by atoms with Crippen molar-refractivity contribution in [2.45, 2.75) is 50.7 Å². The average molecular weight is 220 g/mol. The van der Waals surface area contributed by atoms with Gasteiger partial charge in [-0.15, -0.1) is 0 Å². The van der Waals surface area contributed by atoms with E-state index < -0.39 is 12.2 Å². The van der Waals surface area contributed by atoms with Gasteiger partial charge >= 0.3 is 0 Å². The summed E-state index contributed by atoms with van der Waals surface area (Å²) in [6.07, 6.45) is 14.0. The molecule has 2 nitrogen and oxygen atoms in total.